The number of halogens is 8. The number of nitrogens with one attached hydrogen (secondary N) is 2. The maximum atomic E-state index is 14.0. The van der Waals surface area contributed by atoms with Gasteiger partial charge in [-0.1, -0.05) is 0 Å². The highest BCUT2D eigenvalue weighted by molar-refractivity contribution is 5.99. The molecule has 0 aromatic heterocycles. The standard InChI is InChI=1S/C20H14F8N2O3/c21-10-1-2-14(13(22)7-10)33-15-6-9(19(23,24)25)5-12(20(26,27)28)17(15)18(32)30-11-3-4-29-16(31)8-11/h1-2,5-7,11H,3-4,8H2,(H,29,31)(H,30,32). The number of carbonyl (C=O) groups excluding carboxylic acids is 2. The molecule has 0 radical (unpaired) electrons. The first-order valence-corrected chi connectivity index (χ1v) is 9.28. The van der Waals surface area contributed by atoms with E-state index in [1.807, 2.05) is 0 Å². The Morgan fingerprint density at radius 3 is 2.27 bits per heavy atom. The summed E-state index contributed by atoms with van der Waals surface area (Å²) in [4.78, 5) is 24.2. The first-order chi connectivity index (χ1) is 15.3. The monoisotopic (exact) mass is 482 g/mol. The number of amides is 2. The third kappa shape index (κ3) is 5.71. The molecule has 0 bridgehead atoms. The summed E-state index contributed by atoms with van der Waals surface area (Å²) in [6, 6.07) is 0.554. The van der Waals surface area contributed by atoms with E-state index >= 15 is 0 Å². The first kappa shape index (κ1) is 24.3. The third-order valence-electron chi connectivity index (χ3n) is 4.66. The fraction of sp³-hybridized carbons (Fsp3) is 0.300. The number of hydrogen-bond acceptors (Lipinski definition) is 3. The number of ether oxygens (including phenoxy) is 1. The lowest BCUT2D eigenvalue weighted by Gasteiger charge is -2.25. The zero-order valence-corrected chi connectivity index (χ0v) is 16.3. The molecule has 1 saturated heterocycles. The van der Waals surface area contributed by atoms with Gasteiger partial charge in [0.25, 0.3) is 5.91 Å². The van der Waals surface area contributed by atoms with Gasteiger partial charge in [0, 0.05) is 25.1 Å². The van der Waals surface area contributed by atoms with Gasteiger partial charge in [-0.2, -0.15) is 26.3 Å². The Labute approximate surface area is 180 Å². The summed E-state index contributed by atoms with van der Waals surface area (Å²) in [6.45, 7) is 0.118. The highest BCUT2D eigenvalue weighted by Gasteiger charge is 2.42. The molecular formula is C20H14F8N2O3. The van der Waals surface area contributed by atoms with Gasteiger partial charge in [-0.05, 0) is 30.7 Å². The minimum absolute atomic E-state index is 0.112. The van der Waals surface area contributed by atoms with Crippen LogP contribution in [0.3, 0.4) is 0 Å². The van der Waals surface area contributed by atoms with Gasteiger partial charge >= 0.3 is 12.4 Å². The van der Waals surface area contributed by atoms with Crippen molar-refractivity contribution >= 4 is 11.8 Å². The van der Waals surface area contributed by atoms with Crippen molar-refractivity contribution in [2.24, 2.45) is 0 Å². The number of rotatable bonds is 4. The molecule has 3 rings (SSSR count). The largest absolute Gasteiger partial charge is 0.453 e. The summed E-state index contributed by atoms with van der Waals surface area (Å²) >= 11 is 0. The summed E-state index contributed by atoms with van der Waals surface area (Å²) in [7, 11) is 0. The van der Waals surface area contributed by atoms with Crippen molar-refractivity contribution in [2.45, 2.75) is 31.2 Å². The van der Waals surface area contributed by atoms with Crippen LogP contribution in [0, 0.1) is 11.6 Å². The SMILES string of the molecule is O=C1CC(NC(=O)c2c(Oc3ccc(F)cc3F)cc(C(F)(F)F)cc2C(F)(F)F)CCN1. The molecule has 1 heterocycles. The summed E-state index contributed by atoms with van der Waals surface area (Å²) < 4.78 is 113. The van der Waals surface area contributed by atoms with E-state index in [-0.39, 0.29) is 31.5 Å². The average Bonchev–Trinajstić information content (AvgIpc) is 2.68. The van der Waals surface area contributed by atoms with Crippen LogP contribution in [0.4, 0.5) is 35.1 Å². The first-order valence-electron chi connectivity index (χ1n) is 9.28. The van der Waals surface area contributed by atoms with Crippen LogP contribution in [0.2, 0.25) is 0 Å². The van der Waals surface area contributed by atoms with Crippen molar-refractivity contribution in [3.8, 4) is 11.5 Å². The van der Waals surface area contributed by atoms with E-state index in [4.69, 9.17) is 4.74 Å². The van der Waals surface area contributed by atoms with Crippen molar-refractivity contribution in [3.63, 3.8) is 0 Å². The lowest BCUT2D eigenvalue weighted by molar-refractivity contribution is -0.143. The smallest absolute Gasteiger partial charge is 0.417 e. The number of alkyl halides is 6. The molecule has 178 valence electrons. The van der Waals surface area contributed by atoms with Crippen molar-refractivity contribution < 1.29 is 49.4 Å². The van der Waals surface area contributed by atoms with E-state index in [0.717, 1.165) is 0 Å². The fourth-order valence-corrected chi connectivity index (χ4v) is 3.16. The molecule has 1 aliphatic heterocycles. The molecule has 1 aliphatic rings. The predicted octanol–water partition coefficient (Wildman–Crippen LogP) is 4.80. The second kappa shape index (κ2) is 8.87. The van der Waals surface area contributed by atoms with Crippen LogP contribution in [0.15, 0.2) is 30.3 Å². The molecule has 2 aromatic carbocycles. The molecule has 0 spiro atoms. The Balaban J connectivity index is 2.14. The topological polar surface area (TPSA) is 67.4 Å². The van der Waals surface area contributed by atoms with Gasteiger partial charge in [-0.15, -0.1) is 0 Å². The van der Waals surface area contributed by atoms with E-state index in [1.54, 1.807) is 0 Å². The predicted molar refractivity (Wildman–Crippen MR) is 96.4 cm³/mol. The van der Waals surface area contributed by atoms with E-state index in [2.05, 4.69) is 10.6 Å². The Hall–Kier alpha value is -3.38. The second-order valence-electron chi connectivity index (χ2n) is 7.08. The van der Waals surface area contributed by atoms with Crippen LogP contribution in [0.5, 0.6) is 11.5 Å². The van der Waals surface area contributed by atoms with Crippen LogP contribution in [-0.2, 0) is 17.1 Å². The Morgan fingerprint density at radius 1 is 1.00 bits per heavy atom. The zero-order chi connectivity index (χ0) is 24.6. The Bertz CT molecular complexity index is 1080. The van der Waals surface area contributed by atoms with Gasteiger partial charge in [0.15, 0.2) is 11.6 Å². The van der Waals surface area contributed by atoms with Gasteiger partial charge in [0.2, 0.25) is 5.91 Å². The maximum absolute atomic E-state index is 14.0. The van der Waals surface area contributed by atoms with E-state index < -0.39 is 70.0 Å². The Morgan fingerprint density at radius 2 is 1.70 bits per heavy atom. The number of benzene rings is 2. The summed E-state index contributed by atoms with van der Waals surface area (Å²) in [5.74, 6) is -6.62. The van der Waals surface area contributed by atoms with Gasteiger partial charge in [-0.3, -0.25) is 9.59 Å². The van der Waals surface area contributed by atoms with E-state index in [1.165, 1.54) is 0 Å². The van der Waals surface area contributed by atoms with Crippen molar-refractivity contribution in [2.75, 3.05) is 6.54 Å². The minimum Gasteiger partial charge on any atom is -0.453 e. The molecule has 2 amide bonds. The quantitative estimate of drug-likeness (QED) is 0.616. The van der Waals surface area contributed by atoms with Gasteiger partial charge in [0.1, 0.15) is 11.6 Å². The van der Waals surface area contributed by atoms with Crippen LogP contribution in [0.1, 0.15) is 34.3 Å². The van der Waals surface area contributed by atoms with E-state index in [9.17, 15) is 44.7 Å². The summed E-state index contributed by atoms with van der Waals surface area (Å²) in [5, 5.41) is 4.62. The number of carbonyl (C=O) groups is 2. The van der Waals surface area contributed by atoms with Crippen LogP contribution < -0.4 is 15.4 Å². The lowest BCUT2D eigenvalue weighted by Crippen LogP contribution is -2.45. The normalized spacial score (nSPS) is 16.8. The lowest BCUT2D eigenvalue weighted by atomic mass is 9.99. The van der Waals surface area contributed by atoms with Crippen molar-refractivity contribution in [1.29, 1.82) is 0 Å². The Kier molecular flexibility index (Phi) is 6.52. The number of piperidine rings is 1. The maximum Gasteiger partial charge on any atom is 0.417 e. The minimum atomic E-state index is -5.43. The molecule has 1 atom stereocenters. The molecule has 33 heavy (non-hydrogen) atoms. The molecule has 0 aliphatic carbocycles. The fourth-order valence-electron chi connectivity index (χ4n) is 3.16. The zero-order valence-electron chi connectivity index (χ0n) is 16.3. The van der Waals surface area contributed by atoms with E-state index in [0.29, 0.717) is 18.2 Å². The molecule has 2 aromatic rings. The highest BCUT2D eigenvalue weighted by Crippen LogP contribution is 2.43. The van der Waals surface area contributed by atoms with Crippen LogP contribution in [0.25, 0.3) is 0 Å². The van der Waals surface area contributed by atoms with Crippen molar-refractivity contribution in [3.05, 3.63) is 58.7 Å². The molecular weight excluding hydrogens is 468 g/mol. The van der Waals surface area contributed by atoms with Gasteiger partial charge < -0.3 is 15.4 Å². The van der Waals surface area contributed by atoms with Crippen LogP contribution in [-0.4, -0.2) is 24.4 Å². The van der Waals surface area contributed by atoms with Gasteiger partial charge in [0.05, 0.1) is 16.7 Å². The third-order valence-corrected chi connectivity index (χ3v) is 4.66. The summed E-state index contributed by atoms with van der Waals surface area (Å²) in [5.41, 5.74) is -5.13. The molecule has 2 N–H and O–H groups in total. The molecule has 1 fully saturated rings. The average molecular weight is 482 g/mol. The number of hydrogen-bond donors (Lipinski definition) is 2. The van der Waals surface area contributed by atoms with Crippen molar-refractivity contribution in [1.82, 2.24) is 10.6 Å². The molecule has 1 unspecified atom stereocenters. The second-order valence-corrected chi connectivity index (χ2v) is 7.08. The van der Waals surface area contributed by atoms with Crippen LogP contribution >= 0.6 is 0 Å². The van der Waals surface area contributed by atoms with Gasteiger partial charge in [-0.25, -0.2) is 8.78 Å². The molecule has 5 nitrogen and oxygen atoms in total. The highest BCUT2D eigenvalue weighted by atomic mass is 19.4. The summed E-state index contributed by atoms with van der Waals surface area (Å²) in [6.07, 6.45) is -10.8. The molecule has 0 saturated carbocycles. The molecule has 13 heteroatoms.